The van der Waals surface area contributed by atoms with Gasteiger partial charge in [-0.15, -0.1) is 0 Å². The number of nitrogens with two attached hydrogens (primary N) is 1. The number of anilines is 1. The minimum Gasteiger partial charge on any atom is -0.444 e. The van der Waals surface area contributed by atoms with Crippen LogP contribution in [0.1, 0.15) is 27.6 Å². The maximum atomic E-state index is 12.9. The van der Waals surface area contributed by atoms with E-state index in [4.69, 9.17) is 21.5 Å². The monoisotopic (exact) mass is 458 g/mol. The van der Waals surface area contributed by atoms with Gasteiger partial charge in [-0.25, -0.2) is 18.4 Å². The number of amides is 1. The summed E-state index contributed by atoms with van der Waals surface area (Å²) >= 11 is 6.11. The molecule has 1 amide bonds. The minimum atomic E-state index is -3.89. The molecular weight excluding hydrogens is 440 g/mol. The molecule has 0 saturated carbocycles. The van der Waals surface area contributed by atoms with Crippen LogP contribution < -0.4 is 10.5 Å². The molecule has 0 heterocycles. The molecule has 3 N–H and O–H groups in total. The molecule has 0 aliphatic rings. The van der Waals surface area contributed by atoms with Crippen molar-refractivity contribution in [2.45, 2.75) is 17.9 Å². The number of aryl methyl sites for hydroxylation is 1. The van der Waals surface area contributed by atoms with E-state index in [1.54, 1.807) is 48.5 Å². The Morgan fingerprint density at radius 2 is 1.65 bits per heavy atom. The van der Waals surface area contributed by atoms with Crippen LogP contribution in [0, 0.1) is 6.92 Å². The molecule has 0 bridgehead atoms. The lowest BCUT2D eigenvalue weighted by atomic mass is 10.1. The van der Waals surface area contributed by atoms with Gasteiger partial charge in [0.15, 0.2) is 0 Å². The third-order valence-electron chi connectivity index (χ3n) is 4.42. The first-order valence-electron chi connectivity index (χ1n) is 9.11. The van der Waals surface area contributed by atoms with Crippen LogP contribution in [0.3, 0.4) is 0 Å². The van der Waals surface area contributed by atoms with E-state index in [0.29, 0.717) is 16.3 Å². The lowest BCUT2D eigenvalue weighted by Crippen LogP contribution is -2.26. The van der Waals surface area contributed by atoms with Gasteiger partial charge in [0.05, 0.1) is 10.5 Å². The standard InChI is InChI=1S/C22H19ClN2O5S/c1-14-7-10-17(13-19(14)23)25-21(26)20(15-5-3-2-4-6-15)30-22(27)16-8-11-18(12-9-16)31(24,28)29/h2-13,20H,1H3,(H,25,26)(H2,24,28,29). The molecule has 0 spiro atoms. The molecule has 0 aliphatic heterocycles. The lowest BCUT2D eigenvalue weighted by molar-refractivity contribution is -0.125. The zero-order valence-electron chi connectivity index (χ0n) is 16.4. The Kier molecular flexibility index (Phi) is 6.74. The summed E-state index contributed by atoms with van der Waals surface area (Å²) < 4.78 is 28.2. The molecule has 0 radical (unpaired) electrons. The van der Waals surface area contributed by atoms with Crippen LogP contribution in [0.25, 0.3) is 0 Å². The predicted octanol–water partition coefficient (Wildman–Crippen LogP) is 3.83. The zero-order chi connectivity index (χ0) is 22.6. The second-order valence-electron chi connectivity index (χ2n) is 6.72. The van der Waals surface area contributed by atoms with Crippen molar-refractivity contribution in [3.63, 3.8) is 0 Å². The Hall–Kier alpha value is -3.20. The highest BCUT2D eigenvalue weighted by atomic mass is 35.5. The van der Waals surface area contributed by atoms with Crippen LogP contribution in [-0.2, 0) is 19.6 Å². The Morgan fingerprint density at radius 1 is 1.00 bits per heavy atom. The summed E-state index contributed by atoms with van der Waals surface area (Å²) in [4.78, 5) is 25.4. The molecule has 7 nitrogen and oxygen atoms in total. The van der Waals surface area contributed by atoms with Crippen LogP contribution in [0.15, 0.2) is 77.7 Å². The smallest absolute Gasteiger partial charge is 0.339 e. The van der Waals surface area contributed by atoms with Gasteiger partial charge in [0.25, 0.3) is 5.91 Å². The number of benzene rings is 3. The summed E-state index contributed by atoms with van der Waals surface area (Å²) in [5.74, 6) is -1.37. The molecule has 0 fully saturated rings. The molecule has 3 aromatic carbocycles. The largest absolute Gasteiger partial charge is 0.444 e. The first-order chi connectivity index (χ1) is 14.6. The van der Waals surface area contributed by atoms with E-state index in [-0.39, 0.29) is 10.5 Å². The van der Waals surface area contributed by atoms with Crippen molar-refractivity contribution in [2.24, 2.45) is 5.14 Å². The fraction of sp³-hybridized carbons (Fsp3) is 0.0909. The van der Waals surface area contributed by atoms with E-state index in [9.17, 15) is 18.0 Å². The number of hydrogen-bond acceptors (Lipinski definition) is 5. The van der Waals surface area contributed by atoms with Gasteiger partial charge < -0.3 is 10.1 Å². The molecule has 3 rings (SSSR count). The van der Waals surface area contributed by atoms with Crippen molar-refractivity contribution in [2.75, 3.05) is 5.32 Å². The van der Waals surface area contributed by atoms with Crippen molar-refractivity contribution in [1.82, 2.24) is 0 Å². The topological polar surface area (TPSA) is 116 Å². The Bertz CT molecular complexity index is 1210. The number of esters is 1. The number of rotatable bonds is 6. The van der Waals surface area contributed by atoms with Gasteiger partial charge in [0.2, 0.25) is 16.1 Å². The molecular formula is C22H19ClN2O5S. The average Bonchev–Trinajstić information content (AvgIpc) is 2.74. The van der Waals surface area contributed by atoms with Crippen LogP contribution in [0.5, 0.6) is 0 Å². The zero-order valence-corrected chi connectivity index (χ0v) is 18.0. The van der Waals surface area contributed by atoms with Crippen molar-refractivity contribution in [1.29, 1.82) is 0 Å². The molecule has 0 aliphatic carbocycles. The van der Waals surface area contributed by atoms with Gasteiger partial charge in [0, 0.05) is 16.3 Å². The highest BCUT2D eigenvalue weighted by molar-refractivity contribution is 7.89. The maximum absolute atomic E-state index is 12.9. The second-order valence-corrected chi connectivity index (χ2v) is 8.69. The number of nitrogens with one attached hydrogen (secondary N) is 1. The number of sulfonamides is 1. The summed E-state index contributed by atoms with van der Waals surface area (Å²) in [6.45, 7) is 1.84. The third kappa shape index (κ3) is 5.69. The molecule has 31 heavy (non-hydrogen) atoms. The van der Waals surface area contributed by atoms with Crippen LogP contribution in [0.2, 0.25) is 5.02 Å². The number of halogens is 1. The molecule has 160 valence electrons. The van der Waals surface area contributed by atoms with Crippen molar-refractivity contribution in [3.8, 4) is 0 Å². The van der Waals surface area contributed by atoms with Crippen molar-refractivity contribution < 1.29 is 22.7 Å². The highest BCUT2D eigenvalue weighted by Crippen LogP contribution is 2.24. The van der Waals surface area contributed by atoms with Gasteiger partial charge in [0.1, 0.15) is 0 Å². The van der Waals surface area contributed by atoms with Gasteiger partial charge in [-0.2, -0.15) is 0 Å². The van der Waals surface area contributed by atoms with Gasteiger partial charge in [-0.3, -0.25) is 4.79 Å². The van der Waals surface area contributed by atoms with E-state index in [1.807, 2.05) is 6.92 Å². The van der Waals surface area contributed by atoms with E-state index in [2.05, 4.69) is 5.32 Å². The van der Waals surface area contributed by atoms with E-state index >= 15 is 0 Å². The number of carbonyl (C=O) groups is 2. The van der Waals surface area contributed by atoms with E-state index < -0.39 is 28.0 Å². The SMILES string of the molecule is Cc1ccc(NC(=O)C(OC(=O)c2ccc(S(N)(=O)=O)cc2)c2ccccc2)cc1Cl. The van der Waals surface area contributed by atoms with Crippen LogP contribution in [0.4, 0.5) is 5.69 Å². The van der Waals surface area contributed by atoms with Gasteiger partial charge >= 0.3 is 5.97 Å². The molecule has 0 saturated heterocycles. The van der Waals surface area contributed by atoms with E-state index in [0.717, 1.165) is 5.56 Å². The fourth-order valence-electron chi connectivity index (χ4n) is 2.73. The van der Waals surface area contributed by atoms with Gasteiger partial charge in [-0.05, 0) is 48.9 Å². The quantitative estimate of drug-likeness (QED) is 0.544. The minimum absolute atomic E-state index is 0.0690. The first kappa shape index (κ1) is 22.5. The molecule has 9 heteroatoms. The average molecular weight is 459 g/mol. The molecule has 0 aromatic heterocycles. The predicted molar refractivity (Wildman–Crippen MR) is 117 cm³/mol. The van der Waals surface area contributed by atoms with Crippen molar-refractivity contribution >= 4 is 39.2 Å². The summed E-state index contributed by atoms with van der Waals surface area (Å²) in [6.07, 6.45) is -1.24. The highest BCUT2D eigenvalue weighted by Gasteiger charge is 2.26. The number of ether oxygens (including phenoxy) is 1. The normalized spacial score (nSPS) is 12.1. The number of carbonyl (C=O) groups excluding carboxylic acids is 2. The second kappa shape index (κ2) is 9.30. The summed E-state index contributed by atoms with van der Waals surface area (Å²) in [5, 5.41) is 8.25. The van der Waals surface area contributed by atoms with Crippen LogP contribution >= 0.6 is 11.6 Å². The fourth-order valence-corrected chi connectivity index (χ4v) is 3.43. The summed E-state index contributed by atoms with van der Waals surface area (Å²) in [6, 6.07) is 18.5. The Morgan fingerprint density at radius 3 is 2.23 bits per heavy atom. The first-order valence-corrected chi connectivity index (χ1v) is 11.0. The third-order valence-corrected chi connectivity index (χ3v) is 5.76. The van der Waals surface area contributed by atoms with Crippen LogP contribution in [-0.4, -0.2) is 20.3 Å². The van der Waals surface area contributed by atoms with E-state index in [1.165, 1.54) is 24.3 Å². The lowest BCUT2D eigenvalue weighted by Gasteiger charge is -2.18. The van der Waals surface area contributed by atoms with Gasteiger partial charge in [-0.1, -0.05) is 48.0 Å². The summed E-state index contributed by atoms with van der Waals surface area (Å²) in [5.41, 5.74) is 1.84. The molecule has 1 atom stereocenters. The molecule has 1 unspecified atom stereocenters. The molecule has 3 aromatic rings. The Balaban J connectivity index is 1.84. The maximum Gasteiger partial charge on any atom is 0.339 e. The Labute approximate surface area is 184 Å². The number of hydrogen-bond donors (Lipinski definition) is 2. The van der Waals surface area contributed by atoms with Crippen molar-refractivity contribution in [3.05, 3.63) is 94.5 Å². The number of primary sulfonamides is 1. The summed E-state index contributed by atoms with van der Waals surface area (Å²) in [7, 11) is -3.89.